The summed E-state index contributed by atoms with van der Waals surface area (Å²) >= 11 is 0. The molecule has 4 unspecified atom stereocenters. The molecule has 1 saturated heterocycles. The van der Waals surface area contributed by atoms with Crippen molar-refractivity contribution in [2.45, 2.75) is 31.3 Å². The predicted molar refractivity (Wildman–Crippen MR) is 73.5 cm³/mol. The molecule has 1 fully saturated rings. The maximum Gasteiger partial charge on any atom is 0.280 e. The van der Waals surface area contributed by atoms with Gasteiger partial charge in [0.2, 0.25) is 5.78 Å². The van der Waals surface area contributed by atoms with Gasteiger partial charge in [0.05, 0.1) is 12.2 Å². The van der Waals surface area contributed by atoms with E-state index in [1.807, 2.05) is 0 Å². The van der Waals surface area contributed by atoms with Crippen LogP contribution in [0.4, 0.5) is 0 Å². The Kier molecular flexibility index (Phi) is 3.57. The molecule has 0 aromatic carbocycles. The van der Waals surface area contributed by atoms with Crippen molar-refractivity contribution in [2.24, 2.45) is 0 Å². The van der Waals surface area contributed by atoms with Crippen LogP contribution in [-0.4, -0.2) is 54.6 Å². The van der Waals surface area contributed by atoms with Gasteiger partial charge in [-0.2, -0.15) is 4.98 Å². The Bertz CT molecular complexity index is 829. The number of aromatic nitrogens is 3. The zero-order chi connectivity index (χ0) is 16.0. The Morgan fingerprint density at radius 1 is 1.36 bits per heavy atom. The predicted octanol–water partition coefficient (Wildman–Crippen LogP) is -2.15. The number of hydrogen-bond donors (Lipinski definition) is 4. The van der Waals surface area contributed by atoms with Crippen LogP contribution in [0.3, 0.4) is 0 Å². The molecule has 9 nitrogen and oxygen atoms in total. The van der Waals surface area contributed by atoms with E-state index in [0.29, 0.717) is 5.69 Å². The van der Waals surface area contributed by atoms with Crippen LogP contribution in [0.5, 0.6) is 0 Å². The Balaban J connectivity index is 2.14. The topological polar surface area (TPSA) is 137 Å². The molecular formula is C13H15N3O6. The molecule has 1 aliphatic heterocycles. The fraction of sp³-hybridized carbons (Fsp3) is 0.462. The third kappa shape index (κ3) is 2.24. The molecule has 0 aliphatic carbocycles. The van der Waals surface area contributed by atoms with Gasteiger partial charge in [-0.05, 0) is 6.92 Å². The smallest absolute Gasteiger partial charge is 0.280 e. The van der Waals surface area contributed by atoms with Crippen molar-refractivity contribution in [2.75, 3.05) is 6.61 Å². The van der Waals surface area contributed by atoms with Crippen molar-refractivity contribution in [3.63, 3.8) is 0 Å². The number of ether oxygens (including phenoxy) is 1. The van der Waals surface area contributed by atoms with Crippen molar-refractivity contribution >= 4 is 5.78 Å². The monoisotopic (exact) mass is 309 g/mol. The molecule has 22 heavy (non-hydrogen) atoms. The first-order chi connectivity index (χ1) is 10.4. The van der Waals surface area contributed by atoms with Gasteiger partial charge in [-0.3, -0.25) is 19.0 Å². The highest BCUT2D eigenvalue weighted by Crippen LogP contribution is 2.31. The van der Waals surface area contributed by atoms with Crippen LogP contribution in [-0.2, 0) is 4.74 Å². The minimum absolute atomic E-state index is 0.0372. The number of rotatable bonds is 2. The number of H-pyrrole nitrogens is 1. The first-order valence-corrected chi connectivity index (χ1v) is 6.68. The number of hydrogen-bond acceptors (Lipinski definition) is 7. The second-order valence-electron chi connectivity index (χ2n) is 5.23. The summed E-state index contributed by atoms with van der Waals surface area (Å²) in [6.45, 7) is 1.18. The maximum atomic E-state index is 12.1. The van der Waals surface area contributed by atoms with Gasteiger partial charge >= 0.3 is 0 Å². The normalized spacial score (nSPS) is 28.4. The minimum atomic E-state index is -1.35. The minimum Gasteiger partial charge on any atom is -0.394 e. The molecule has 0 bridgehead atoms. The number of aromatic amines is 1. The number of nitrogens with one attached hydrogen (secondary N) is 1. The molecule has 0 saturated carbocycles. The third-order valence-electron chi connectivity index (χ3n) is 3.75. The quantitative estimate of drug-likeness (QED) is 0.496. The first-order valence-electron chi connectivity index (χ1n) is 6.68. The lowest BCUT2D eigenvalue weighted by molar-refractivity contribution is -0.0232. The lowest BCUT2D eigenvalue weighted by Crippen LogP contribution is -2.33. The molecule has 0 radical (unpaired) electrons. The van der Waals surface area contributed by atoms with Crippen molar-refractivity contribution in [1.29, 1.82) is 0 Å². The highest BCUT2D eigenvalue weighted by molar-refractivity contribution is 5.32. The molecule has 4 atom stereocenters. The summed E-state index contributed by atoms with van der Waals surface area (Å²) in [4.78, 5) is 29.7. The van der Waals surface area contributed by atoms with Crippen molar-refractivity contribution < 1.29 is 20.1 Å². The van der Waals surface area contributed by atoms with E-state index in [9.17, 15) is 19.8 Å². The van der Waals surface area contributed by atoms with E-state index in [0.717, 1.165) is 0 Å². The molecule has 0 amide bonds. The third-order valence-corrected chi connectivity index (χ3v) is 3.75. The van der Waals surface area contributed by atoms with Gasteiger partial charge in [0, 0.05) is 18.0 Å². The maximum absolute atomic E-state index is 12.1. The van der Waals surface area contributed by atoms with E-state index in [1.54, 1.807) is 6.92 Å². The van der Waals surface area contributed by atoms with Gasteiger partial charge in [-0.25, -0.2) is 0 Å². The van der Waals surface area contributed by atoms with E-state index in [4.69, 9.17) is 9.84 Å². The molecule has 2 aromatic heterocycles. The molecule has 118 valence electrons. The molecule has 1 aliphatic rings. The van der Waals surface area contributed by atoms with Crippen LogP contribution in [0.1, 0.15) is 17.4 Å². The average molecular weight is 309 g/mol. The number of nitrogens with zero attached hydrogens (tertiary/aromatic N) is 2. The van der Waals surface area contributed by atoms with E-state index >= 15 is 0 Å². The molecule has 9 heteroatoms. The molecular weight excluding hydrogens is 294 g/mol. The Labute approximate surface area is 123 Å². The fourth-order valence-corrected chi connectivity index (χ4v) is 2.58. The molecule has 2 aromatic rings. The van der Waals surface area contributed by atoms with Gasteiger partial charge in [0.15, 0.2) is 0 Å². The van der Waals surface area contributed by atoms with Gasteiger partial charge in [0.1, 0.15) is 24.4 Å². The van der Waals surface area contributed by atoms with Gasteiger partial charge in [-0.1, -0.05) is 0 Å². The van der Waals surface area contributed by atoms with Gasteiger partial charge in [0.25, 0.3) is 11.1 Å². The molecule has 3 heterocycles. The Morgan fingerprint density at radius 2 is 2.09 bits per heavy atom. The summed E-state index contributed by atoms with van der Waals surface area (Å²) in [7, 11) is 0. The molecule has 3 rings (SSSR count). The number of fused-ring (bicyclic) bond motifs is 1. The fourth-order valence-electron chi connectivity index (χ4n) is 2.58. The highest BCUT2D eigenvalue weighted by atomic mass is 16.6. The van der Waals surface area contributed by atoms with Gasteiger partial charge in [-0.15, -0.1) is 0 Å². The first kappa shape index (κ1) is 14.9. The average Bonchev–Trinajstić information content (AvgIpc) is 2.74. The van der Waals surface area contributed by atoms with Crippen molar-refractivity contribution in [3.05, 3.63) is 44.2 Å². The van der Waals surface area contributed by atoms with Crippen LogP contribution in [0, 0.1) is 6.92 Å². The standard InChI is InChI=1S/C13H15N3O6/c1-5-2-8(18)14-13-15-12(21)6(3-16(5)13)11-10(20)9(19)7(4-17)22-11/h2-3,7,9-11,17,19-20H,4H2,1H3,(H,14,15,18,21). The van der Waals surface area contributed by atoms with Crippen molar-refractivity contribution in [1.82, 2.24) is 14.4 Å². The Hall–Kier alpha value is -2.07. The second-order valence-corrected chi connectivity index (χ2v) is 5.23. The summed E-state index contributed by atoms with van der Waals surface area (Å²) in [5.74, 6) is 0.0745. The number of aliphatic hydroxyl groups excluding tert-OH is 3. The van der Waals surface area contributed by atoms with Crippen LogP contribution >= 0.6 is 0 Å². The Morgan fingerprint density at radius 3 is 2.73 bits per heavy atom. The summed E-state index contributed by atoms with van der Waals surface area (Å²) in [5.41, 5.74) is -0.490. The zero-order valence-electron chi connectivity index (χ0n) is 11.6. The van der Waals surface area contributed by atoms with E-state index in [-0.39, 0.29) is 16.9 Å². The zero-order valence-corrected chi connectivity index (χ0v) is 11.6. The lowest BCUT2D eigenvalue weighted by Gasteiger charge is -2.15. The number of aryl methyl sites for hydroxylation is 1. The summed E-state index contributed by atoms with van der Waals surface area (Å²) in [6, 6.07) is 1.33. The second kappa shape index (κ2) is 5.29. The lowest BCUT2D eigenvalue weighted by atomic mass is 10.0. The van der Waals surface area contributed by atoms with E-state index < -0.39 is 36.6 Å². The summed E-state index contributed by atoms with van der Waals surface area (Å²) < 4.78 is 6.82. The van der Waals surface area contributed by atoms with Crippen LogP contribution in [0.25, 0.3) is 5.78 Å². The van der Waals surface area contributed by atoms with Gasteiger partial charge < -0.3 is 20.1 Å². The highest BCUT2D eigenvalue weighted by Gasteiger charge is 2.44. The van der Waals surface area contributed by atoms with Crippen LogP contribution in [0.2, 0.25) is 0 Å². The molecule has 0 spiro atoms. The van der Waals surface area contributed by atoms with E-state index in [1.165, 1.54) is 16.7 Å². The van der Waals surface area contributed by atoms with E-state index in [2.05, 4.69) is 9.97 Å². The molecule has 4 N–H and O–H groups in total. The SMILES string of the molecule is Cc1cc(=O)[nH]c2nc(=O)c(C3OC(CO)C(O)C3O)cn12. The number of aliphatic hydroxyl groups is 3. The van der Waals surface area contributed by atoms with Crippen LogP contribution in [0.15, 0.2) is 21.9 Å². The summed E-state index contributed by atoms with van der Waals surface area (Å²) in [5, 5.41) is 28.9. The summed E-state index contributed by atoms with van der Waals surface area (Å²) in [6.07, 6.45) is -3.33. The van der Waals surface area contributed by atoms with Crippen molar-refractivity contribution in [3.8, 4) is 0 Å². The van der Waals surface area contributed by atoms with Crippen LogP contribution < -0.4 is 11.1 Å². The largest absolute Gasteiger partial charge is 0.394 e.